The van der Waals surface area contributed by atoms with Crippen molar-refractivity contribution in [2.24, 2.45) is 5.92 Å². The summed E-state index contributed by atoms with van der Waals surface area (Å²) in [4.78, 5) is 12.6. The largest absolute Gasteiger partial charge is 0.326 e. The Hall–Kier alpha value is -3.03. The van der Waals surface area contributed by atoms with Crippen LogP contribution in [-0.4, -0.2) is 30.5 Å². The minimum Gasteiger partial charge on any atom is -0.326 e. The van der Waals surface area contributed by atoms with Crippen LogP contribution in [-0.2, 0) is 17.8 Å². The molecule has 8 heteroatoms. The van der Waals surface area contributed by atoms with Crippen LogP contribution >= 0.6 is 0 Å². The Labute approximate surface area is 156 Å². The summed E-state index contributed by atoms with van der Waals surface area (Å²) in [6.07, 6.45) is 1.42. The van der Waals surface area contributed by atoms with Crippen LogP contribution in [0.1, 0.15) is 29.5 Å². The van der Waals surface area contributed by atoms with E-state index in [-0.39, 0.29) is 11.8 Å². The van der Waals surface area contributed by atoms with Crippen molar-refractivity contribution in [2.75, 3.05) is 5.32 Å². The van der Waals surface area contributed by atoms with Gasteiger partial charge < -0.3 is 9.88 Å². The number of hydrogen-bond donors (Lipinski definition) is 1. The van der Waals surface area contributed by atoms with E-state index >= 15 is 0 Å². The molecule has 0 bridgehead atoms. The molecule has 1 aromatic carbocycles. The van der Waals surface area contributed by atoms with E-state index in [1.54, 1.807) is 16.8 Å². The quantitative estimate of drug-likeness (QED) is 0.771. The van der Waals surface area contributed by atoms with Crippen molar-refractivity contribution in [3.05, 3.63) is 53.1 Å². The number of hydrogen-bond acceptors (Lipinski definition) is 4. The van der Waals surface area contributed by atoms with Crippen molar-refractivity contribution in [3.63, 3.8) is 0 Å². The van der Waals surface area contributed by atoms with Gasteiger partial charge in [0.1, 0.15) is 17.3 Å². The monoisotopic (exact) mass is 368 g/mol. The Morgan fingerprint density at radius 2 is 2.04 bits per heavy atom. The first-order chi connectivity index (χ1) is 12.9. The first-order valence-corrected chi connectivity index (χ1v) is 8.95. The summed E-state index contributed by atoms with van der Waals surface area (Å²) < 4.78 is 18.1. The van der Waals surface area contributed by atoms with Crippen molar-refractivity contribution in [2.45, 2.75) is 40.2 Å². The molecule has 1 atom stereocenters. The summed E-state index contributed by atoms with van der Waals surface area (Å²) in [6.45, 7) is 6.17. The molecular formula is C19H21FN6O. The average Bonchev–Trinajstić information content (AvgIpc) is 3.16. The number of aryl methyl sites for hydroxylation is 4. The van der Waals surface area contributed by atoms with E-state index in [1.807, 2.05) is 31.4 Å². The lowest BCUT2D eigenvalue weighted by molar-refractivity contribution is -0.120. The van der Waals surface area contributed by atoms with Gasteiger partial charge in [-0.2, -0.15) is 5.10 Å². The standard InChI is InChI=1S/C19H21FN6O/c1-11-8-12(2)26(24-11)17-6-5-15(9-16(17)20)21-19(27)14-4-7-18-23-22-13(3)25(18)10-14/h5-6,8-9,14H,4,7,10H2,1-3H3,(H,21,27)/t14-/m0/s1. The number of nitrogens with zero attached hydrogens (tertiary/aromatic N) is 5. The normalized spacial score (nSPS) is 16.2. The molecule has 1 amide bonds. The van der Waals surface area contributed by atoms with Gasteiger partial charge in [0.25, 0.3) is 0 Å². The van der Waals surface area contributed by atoms with Crippen molar-refractivity contribution >= 4 is 11.6 Å². The number of benzene rings is 1. The average molecular weight is 368 g/mol. The predicted octanol–water partition coefficient (Wildman–Crippen LogP) is 2.73. The van der Waals surface area contributed by atoms with Crippen molar-refractivity contribution < 1.29 is 9.18 Å². The van der Waals surface area contributed by atoms with Gasteiger partial charge in [-0.3, -0.25) is 4.79 Å². The maximum absolute atomic E-state index is 14.6. The van der Waals surface area contributed by atoms with E-state index in [2.05, 4.69) is 20.6 Å². The third-order valence-electron chi connectivity index (χ3n) is 4.96. The molecule has 3 aromatic rings. The maximum atomic E-state index is 14.6. The lowest BCUT2D eigenvalue weighted by Gasteiger charge is -2.23. The molecule has 1 aliphatic rings. The molecule has 140 valence electrons. The zero-order chi connectivity index (χ0) is 19.1. The zero-order valence-electron chi connectivity index (χ0n) is 15.5. The highest BCUT2D eigenvalue weighted by Gasteiger charge is 2.27. The van der Waals surface area contributed by atoms with Crippen LogP contribution in [0.2, 0.25) is 0 Å². The first-order valence-electron chi connectivity index (χ1n) is 8.95. The number of aromatic nitrogens is 5. The summed E-state index contributed by atoms with van der Waals surface area (Å²) in [6, 6.07) is 6.56. The smallest absolute Gasteiger partial charge is 0.229 e. The molecular weight excluding hydrogens is 347 g/mol. The van der Waals surface area contributed by atoms with Gasteiger partial charge in [0, 0.05) is 24.3 Å². The van der Waals surface area contributed by atoms with E-state index in [0.717, 1.165) is 23.0 Å². The molecule has 1 N–H and O–H groups in total. The fourth-order valence-corrected chi connectivity index (χ4v) is 3.55. The molecule has 1 aliphatic heterocycles. The Balaban J connectivity index is 1.50. The Morgan fingerprint density at radius 3 is 2.74 bits per heavy atom. The van der Waals surface area contributed by atoms with Crippen LogP contribution in [0, 0.1) is 32.5 Å². The summed E-state index contributed by atoms with van der Waals surface area (Å²) in [5, 5.41) is 15.3. The molecule has 27 heavy (non-hydrogen) atoms. The van der Waals surface area contributed by atoms with Gasteiger partial charge in [-0.15, -0.1) is 10.2 Å². The van der Waals surface area contributed by atoms with Crippen molar-refractivity contribution in [3.8, 4) is 5.69 Å². The van der Waals surface area contributed by atoms with Gasteiger partial charge in [-0.25, -0.2) is 9.07 Å². The fourth-order valence-electron chi connectivity index (χ4n) is 3.55. The predicted molar refractivity (Wildman–Crippen MR) is 98.2 cm³/mol. The van der Waals surface area contributed by atoms with Gasteiger partial charge >= 0.3 is 0 Å². The molecule has 0 aliphatic carbocycles. The van der Waals surface area contributed by atoms with Crippen LogP contribution in [0.3, 0.4) is 0 Å². The molecule has 7 nitrogen and oxygen atoms in total. The lowest BCUT2D eigenvalue weighted by atomic mass is 9.98. The van der Waals surface area contributed by atoms with Gasteiger partial charge in [-0.05, 0) is 51.5 Å². The number of rotatable bonds is 3. The number of fused-ring (bicyclic) bond motifs is 1. The highest BCUT2D eigenvalue weighted by atomic mass is 19.1. The first kappa shape index (κ1) is 17.4. The summed E-state index contributed by atoms with van der Waals surface area (Å²) in [5.41, 5.74) is 2.48. The van der Waals surface area contributed by atoms with Crippen LogP contribution in [0.4, 0.5) is 10.1 Å². The number of amides is 1. The molecule has 0 unspecified atom stereocenters. The third-order valence-corrected chi connectivity index (χ3v) is 4.96. The van der Waals surface area contributed by atoms with Crippen LogP contribution in [0.15, 0.2) is 24.3 Å². The van der Waals surface area contributed by atoms with Crippen molar-refractivity contribution in [1.29, 1.82) is 0 Å². The Kier molecular flexibility index (Phi) is 4.25. The second kappa shape index (κ2) is 6.61. The minimum atomic E-state index is -0.431. The molecule has 2 aromatic heterocycles. The molecule has 4 rings (SSSR count). The minimum absolute atomic E-state index is 0.119. The van der Waals surface area contributed by atoms with Crippen LogP contribution in [0.5, 0.6) is 0 Å². The summed E-state index contributed by atoms with van der Waals surface area (Å²) >= 11 is 0. The molecule has 0 fully saturated rings. The topological polar surface area (TPSA) is 77.6 Å². The number of anilines is 1. The number of nitrogens with one attached hydrogen (secondary N) is 1. The summed E-state index contributed by atoms with van der Waals surface area (Å²) in [7, 11) is 0. The van der Waals surface area contributed by atoms with Crippen molar-refractivity contribution in [1.82, 2.24) is 24.5 Å². The second-order valence-corrected chi connectivity index (χ2v) is 7.00. The maximum Gasteiger partial charge on any atom is 0.229 e. The van der Waals surface area contributed by atoms with Gasteiger partial charge in [-0.1, -0.05) is 0 Å². The molecule has 0 saturated carbocycles. The second-order valence-electron chi connectivity index (χ2n) is 7.00. The van der Waals surface area contributed by atoms with E-state index in [9.17, 15) is 9.18 Å². The zero-order valence-corrected chi connectivity index (χ0v) is 15.5. The molecule has 0 radical (unpaired) electrons. The van der Waals surface area contributed by atoms with Gasteiger partial charge in [0.05, 0.1) is 11.6 Å². The van der Waals surface area contributed by atoms with E-state index in [0.29, 0.717) is 30.8 Å². The SMILES string of the molecule is Cc1cc(C)n(-c2ccc(NC(=O)[C@H]3CCc4nnc(C)n4C3)cc2F)n1. The highest BCUT2D eigenvalue weighted by molar-refractivity contribution is 5.92. The lowest BCUT2D eigenvalue weighted by Crippen LogP contribution is -2.31. The summed E-state index contributed by atoms with van der Waals surface area (Å²) in [5.74, 6) is 0.983. The number of carbonyl (C=O) groups is 1. The molecule has 0 saturated heterocycles. The molecule has 0 spiro atoms. The van der Waals surface area contributed by atoms with E-state index < -0.39 is 5.82 Å². The molecule has 3 heterocycles. The van der Waals surface area contributed by atoms with E-state index in [4.69, 9.17) is 0 Å². The Bertz CT molecular complexity index is 1020. The Morgan fingerprint density at radius 1 is 1.22 bits per heavy atom. The van der Waals surface area contributed by atoms with E-state index in [1.165, 1.54) is 6.07 Å². The van der Waals surface area contributed by atoms with Crippen LogP contribution < -0.4 is 5.32 Å². The number of carbonyl (C=O) groups excluding carboxylic acids is 1. The van der Waals surface area contributed by atoms with Gasteiger partial charge in [0.2, 0.25) is 5.91 Å². The highest BCUT2D eigenvalue weighted by Crippen LogP contribution is 2.23. The van der Waals surface area contributed by atoms with Gasteiger partial charge in [0.15, 0.2) is 5.82 Å². The third kappa shape index (κ3) is 3.22. The number of halogens is 1. The van der Waals surface area contributed by atoms with Crippen LogP contribution in [0.25, 0.3) is 5.69 Å². The fraction of sp³-hybridized carbons (Fsp3) is 0.368.